The van der Waals surface area contributed by atoms with E-state index in [1.165, 1.54) is 12.1 Å². The predicted octanol–water partition coefficient (Wildman–Crippen LogP) is 6.15. The lowest BCUT2D eigenvalue weighted by atomic mass is 10.00. The minimum atomic E-state index is -0.251. The number of hydrogen-bond acceptors (Lipinski definition) is 1. The highest BCUT2D eigenvalue weighted by Crippen LogP contribution is 2.32. The average molecular weight is 365 g/mol. The van der Waals surface area contributed by atoms with Gasteiger partial charge >= 0.3 is 0 Å². The number of rotatable bonds is 2. The Morgan fingerprint density at radius 2 is 1.81 bits per heavy atom. The summed E-state index contributed by atoms with van der Waals surface area (Å²) in [7, 11) is 0. The second-order valence-corrected chi connectivity index (χ2v) is 6.65. The molecule has 21 heavy (non-hydrogen) atoms. The first-order valence-electron chi connectivity index (χ1n) is 6.55. The van der Waals surface area contributed by atoms with Crippen molar-refractivity contribution in [3.05, 3.63) is 65.1 Å². The van der Waals surface area contributed by atoms with E-state index < -0.39 is 0 Å². The SMILES string of the molecule is CC(Br)c1ccc2c(-c3ccc(F)cc3)cc(Cl)nc2c1. The fraction of sp³-hybridized carbons (Fsp3) is 0.118. The summed E-state index contributed by atoms with van der Waals surface area (Å²) in [5.41, 5.74) is 3.86. The summed E-state index contributed by atoms with van der Waals surface area (Å²) in [4.78, 5) is 4.64. The molecule has 1 unspecified atom stereocenters. The maximum atomic E-state index is 13.1. The van der Waals surface area contributed by atoms with Gasteiger partial charge in [0.25, 0.3) is 0 Å². The highest BCUT2D eigenvalue weighted by molar-refractivity contribution is 9.09. The molecular formula is C17H12BrClFN. The summed E-state index contributed by atoms with van der Waals surface area (Å²) < 4.78 is 13.1. The summed E-state index contributed by atoms with van der Waals surface area (Å²) in [5, 5.41) is 1.43. The topological polar surface area (TPSA) is 12.9 Å². The van der Waals surface area contributed by atoms with Crippen molar-refractivity contribution >= 4 is 38.4 Å². The van der Waals surface area contributed by atoms with E-state index in [0.29, 0.717) is 5.15 Å². The third-order valence-electron chi connectivity index (χ3n) is 3.42. The average Bonchev–Trinajstić information content (AvgIpc) is 2.46. The zero-order chi connectivity index (χ0) is 15.0. The summed E-state index contributed by atoms with van der Waals surface area (Å²) >= 11 is 9.70. The van der Waals surface area contributed by atoms with Crippen LogP contribution >= 0.6 is 27.5 Å². The molecule has 0 amide bonds. The van der Waals surface area contributed by atoms with Gasteiger partial charge in [0, 0.05) is 10.2 Å². The molecule has 1 nitrogen and oxygen atoms in total. The van der Waals surface area contributed by atoms with Crippen LogP contribution < -0.4 is 0 Å². The molecule has 0 bridgehead atoms. The van der Waals surface area contributed by atoms with E-state index in [4.69, 9.17) is 11.6 Å². The normalized spacial score (nSPS) is 12.6. The van der Waals surface area contributed by atoms with Crippen LogP contribution in [0.15, 0.2) is 48.5 Å². The van der Waals surface area contributed by atoms with Crippen LogP contribution in [-0.2, 0) is 0 Å². The number of fused-ring (bicyclic) bond motifs is 1. The van der Waals surface area contributed by atoms with E-state index in [0.717, 1.165) is 27.6 Å². The number of halogens is 3. The number of pyridine rings is 1. The van der Waals surface area contributed by atoms with E-state index in [9.17, 15) is 4.39 Å². The monoisotopic (exact) mass is 363 g/mol. The summed E-state index contributed by atoms with van der Waals surface area (Å²) in [6, 6.07) is 14.3. The van der Waals surface area contributed by atoms with Crippen LogP contribution in [0.25, 0.3) is 22.0 Å². The van der Waals surface area contributed by atoms with Gasteiger partial charge < -0.3 is 0 Å². The minimum absolute atomic E-state index is 0.247. The predicted molar refractivity (Wildman–Crippen MR) is 89.5 cm³/mol. The maximum Gasteiger partial charge on any atom is 0.130 e. The van der Waals surface area contributed by atoms with Crippen molar-refractivity contribution in [3.63, 3.8) is 0 Å². The Morgan fingerprint density at radius 1 is 1.10 bits per heavy atom. The molecule has 0 saturated heterocycles. The molecule has 1 atom stereocenters. The van der Waals surface area contributed by atoms with Crippen LogP contribution in [0.4, 0.5) is 4.39 Å². The van der Waals surface area contributed by atoms with Gasteiger partial charge in [-0.3, -0.25) is 0 Å². The van der Waals surface area contributed by atoms with Gasteiger partial charge in [-0.05, 0) is 47.9 Å². The Kier molecular flexibility index (Phi) is 3.96. The molecule has 0 fully saturated rings. The van der Waals surface area contributed by atoms with Crippen molar-refractivity contribution in [1.29, 1.82) is 0 Å². The molecule has 0 N–H and O–H groups in total. The van der Waals surface area contributed by atoms with Gasteiger partial charge in [0.05, 0.1) is 5.52 Å². The molecule has 0 aliphatic heterocycles. The van der Waals surface area contributed by atoms with Gasteiger partial charge in [0.2, 0.25) is 0 Å². The molecular weight excluding hydrogens is 353 g/mol. The van der Waals surface area contributed by atoms with Crippen molar-refractivity contribution in [2.75, 3.05) is 0 Å². The Hall–Kier alpha value is -1.45. The summed E-state index contributed by atoms with van der Waals surface area (Å²) in [6.45, 7) is 2.06. The zero-order valence-corrected chi connectivity index (χ0v) is 13.6. The van der Waals surface area contributed by atoms with Crippen molar-refractivity contribution in [2.45, 2.75) is 11.8 Å². The van der Waals surface area contributed by atoms with Gasteiger partial charge in [-0.2, -0.15) is 0 Å². The van der Waals surface area contributed by atoms with E-state index in [-0.39, 0.29) is 10.6 Å². The van der Waals surface area contributed by atoms with Gasteiger partial charge in [-0.25, -0.2) is 9.37 Å². The van der Waals surface area contributed by atoms with Crippen molar-refractivity contribution in [3.8, 4) is 11.1 Å². The minimum Gasteiger partial charge on any atom is -0.236 e. The number of aromatic nitrogens is 1. The van der Waals surface area contributed by atoms with E-state index in [1.54, 1.807) is 12.1 Å². The molecule has 0 spiro atoms. The molecule has 1 heterocycles. The largest absolute Gasteiger partial charge is 0.236 e. The first kappa shape index (κ1) is 14.5. The number of alkyl halides is 1. The van der Waals surface area contributed by atoms with Crippen LogP contribution in [-0.4, -0.2) is 4.98 Å². The first-order chi connectivity index (χ1) is 10.0. The zero-order valence-electron chi connectivity index (χ0n) is 11.3. The smallest absolute Gasteiger partial charge is 0.130 e. The number of nitrogens with zero attached hydrogens (tertiary/aromatic N) is 1. The standard InChI is InChI=1S/C17H12BrClFN/c1-10(18)12-4-7-14-15(9-17(19)21-16(14)8-12)11-2-5-13(20)6-3-11/h2-10H,1H3. The number of hydrogen-bond donors (Lipinski definition) is 0. The van der Waals surface area contributed by atoms with Gasteiger partial charge in [-0.15, -0.1) is 0 Å². The Bertz CT molecular complexity index is 800. The van der Waals surface area contributed by atoms with E-state index in [2.05, 4.69) is 33.9 Å². The van der Waals surface area contributed by atoms with Crippen LogP contribution in [0.5, 0.6) is 0 Å². The molecule has 0 radical (unpaired) electrons. The van der Waals surface area contributed by atoms with E-state index in [1.807, 2.05) is 18.2 Å². The van der Waals surface area contributed by atoms with E-state index >= 15 is 0 Å². The lowest BCUT2D eigenvalue weighted by Gasteiger charge is -2.10. The number of benzene rings is 2. The molecule has 4 heteroatoms. The molecule has 2 aromatic carbocycles. The molecule has 1 aromatic heterocycles. The van der Waals surface area contributed by atoms with Crippen molar-refractivity contribution < 1.29 is 4.39 Å². The van der Waals surface area contributed by atoms with Crippen LogP contribution in [0.3, 0.4) is 0 Å². The third kappa shape index (κ3) is 2.94. The molecule has 0 aliphatic rings. The highest BCUT2D eigenvalue weighted by Gasteiger charge is 2.10. The molecule has 3 aromatic rings. The second-order valence-electron chi connectivity index (χ2n) is 4.89. The van der Waals surface area contributed by atoms with Crippen molar-refractivity contribution in [2.24, 2.45) is 0 Å². The lowest BCUT2D eigenvalue weighted by molar-refractivity contribution is 0.628. The lowest BCUT2D eigenvalue weighted by Crippen LogP contribution is -1.90. The Labute approximate surface area is 135 Å². The Morgan fingerprint density at radius 3 is 2.48 bits per heavy atom. The molecule has 0 saturated carbocycles. The van der Waals surface area contributed by atoms with Gasteiger partial charge in [0.15, 0.2) is 0 Å². The third-order valence-corrected chi connectivity index (χ3v) is 4.14. The Balaban J connectivity index is 2.25. The van der Waals surface area contributed by atoms with Gasteiger partial charge in [-0.1, -0.05) is 51.8 Å². The van der Waals surface area contributed by atoms with Crippen LogP contribution in [0.2, 0.25) is 5.15 Å². The molecule has 106 valence electrons. The second kappa shape index (κ2) is 5.74. The fourth-order valence-electron chi connectivity index (χ4n) is 2.33. The highest BCUT2D eigenvalue weighted by atomic mass is 79.9. The first-order valence-corrected chi connectivity index (χ1v) is 7.84. The molecule has 0 aliphatic carbocycles. The summed E-state index contributed by atoms with van der Waals surface area (Å²) in [5.74, 6) is -0.251. The molecule has 3 rings (SSSR count). The van der Waals surface area contributed by atoms with Crippen molar-refractivity contribution in [1.82, 2.24) is 4.98 Å². The quantitative estimate of drug-likeness (QED) is 0.392. The maximum absolute atomic E-state index is 13.1. The van der Waals surface area contributed by atoms with Gasteiger partial charge in [0.1, 0.15) is 11.0 Å². The fourth-order valence-corrected chi connectivity index (χ4v) is 2.81. The summed E-state index contributed by atoms with van der Waals surface area (Å²) in [6.07, 6.45) is 0. The van der Waals surface area contributed by atoms with Crippen LogP contribution in [0.1, 0.15) is 17.3 Å². The van der Waals surface area contributed by atoms with Crippen LogP contribution in [0, 0.1) is 5.82 Å².